The van der Waals surface area contributed by atoms with Crippen LogP contribution >= 0.6 is 0 Å². The van der Waals surface area contributed by atoms with Crippen LogP contribution in [0, 0.1) is 11.8 Å². The third-order valence-corrected chi connectivity index (χ3v) is 4.15. The molecule has 0 spiro atoms. The van der Waals surface area contributed by atoms with Gasteiger partial charge in [0.05, 0.1) is 11.8 Å². The molecule has 0 radical (unpaired) electrons. The number of carbonyl (C=O) groups excluding carboxylic acids is 4. The van der Waals surface area contributed by atoms with E-state index in [9.17, 15) is 19.2 Å². The number of nitrogens with one attached hydrogen (secondary N) is 1. The maximum absolute atomic E-state index is 12.4. The highest BCUT2D eigenvalue weighted by atomic mass is 16.7. The van der Waals surface area contributed by atoms with E-state index < -0.39 is 42.1 Å². The largest absolute Gasteiger partial charge is 0.428 e. The van der Waals surface area contributed by atoms with Gasteiger partial charge >= 0.3 is 23.9 Å². The molecule has 1 rings (SSSR count). The van der Waals surface area contributed by atoms with Gasteiger partial charge in [0.15, 0.2) is 11.5 Å². The van der Waals surface area contributed by atoms with Crippen LogP contribution in [0.3, 0.4) is 0 Å². The summed E-state index contributed by atoms with van der Waals surface area (Å²) in [5.74, 6) is 2.53. The molecule has 0 amide bonds. The minimum Gasteiger partial charge on any atom is -0.428 e. The van der Waals surface area contributed by atoms with E-state index in [1.165, 1.54) is 26.0 Å². The number of esters is 4. The van der Waals surface area contributed by atoms with Crippen molar-refractivity contribution in [1.82, 2.24) is 5.43 Å². The molecule has 1 atom stereocenters. The third kappa shape index (κ3) is 7.99. The molecule has 0 saturated heterocycles. The standard InChI is InChI=1S/C21H30N2O8/c1-12(2)18(25)30-16-8-7-15(9-17(16)31-19(26)13(3)4)10-21(6,23-22)20(27)29-11-28-14(5)24/h7-9,12-13,23H,10-11,22H2,1-6H3/t21-/m0/s1. The highest BCUT2D eigenvalue weighted by Crippen LogP contribution is 2.31. The quantitative estimate of drug-likeness (QED) is 0.182. The van der Waals surface area contributed by atoms with Crippen LogP contribution in [0.1, 0.15) is 47.1 Å². The first-order valence-electron chi connectivity index (χ1n) is 9.74. The van der Waals surface area contributed by atoms with Gasteiger partial charge in [0, 0.05) is 13.3 Å². The van der Waals surface area contributed by atoms with Gasteiger partial charge in [-0.1, -0.05) is 33.8 Å². The van der Waals surface area contributed by atoms with Crippen molar-refractivity contribution in [3.05, 3.63) is 23.8 Å². The molecular formula is C21H30N2O8. The smallest absolute Gasteiger partial charge is 0.330 e. The Morgan fingerprint density at radius 2 is 1.52 bits per heavy atom. The Labute approximate surface area is 181 Å². The second-order valence-electron chi connectivity index (χ2n) is 7.77. The van der Waals surface area contributed by atoms with Gasteiger partial charge in [-0.2, -0.15) is 0 Å². The fraction of sp³-hybridized carbons (Fsp3) is 0.524. The summed E-state index contributed by atoms with van der Waals surface area (Å²) >= 11 is 0. The lowest BCUT2D eigenvalue weighted by molar-refractivity contribution is -0.170. The topological polar surface area (TPSA) is 143 Å². The van der Waals surface area contributed by atoms with Crippen molar-refractivity contribution >= 4 is 23.9 Å². The summed E-state index contributed by atoms with van der Waals surface area (Å²) in [4.78, 5) is 47.3. The van der Waals surface area contributed by atoms with Crippen molar-refractivity contribution in [3.63, 3.8) is 0 Å². The second-order valence-corrected chi connectivity index (χ2v) is 7.77. The van der Waals surface area contributed by atoms with E-state index in [1.807, 2.05) is 0 Å². The molecule has 10 nitrogen and oxygen atoms in total. The number of hydrogen-bond acceptors (Lipinski definition) is 10. The van der Waals surface area contributed by atoms with Crippen molar-refractivity contribution in [2.45, 2.75) is 53.5 Å². The fourth-order valence-corrected chi connectivity index (χ4v) is 2.19. The molecule has 0 fully saturated rings. The lowest BCUT2D eigenvalue weighted by Crippen LogP contribution is -2.55. The zero-order valence-electron chi connectivity index (χ0n) is 18.6. The maximum atomic E-state index is 12.4. The van der Waals surface area contributed by atoms with Gasteiger partial charge in [-0.05, 0) is 24.6 Å². The zero-order valence-corrected chi connectivity index (χ0v) is 18.6. The van der Waals surface area contributed by atoms with Gasteiger partial charge in [0.1, 0.15) is 5.54 Å². The van der Waals surface area contributed by atoms with Crippen molar-refractivity contribution in [1.29, 1.82) is 0 Å². The van der Waals surface area contributed by atoms with Crippen LogP contribution in [0.15, 0.2) is 18.2 Å². The lowest BCUT2D eigenvalue weighted by Gasteiger charge is -2.26. The van der Waals surface area contributed by atoms with E-state index >= 15 is 0 Å². The predicted molar refractivity (Wildman–Crippen MR) is 110 cm³/mol. The maximum Gasteiger partial charge on any atom is 0.330 e. The summed E-state index contributed by atoms with van der Waals surface area (Å²) in [6.07, 6.45) is 0.0348. The van der Waals surface area contributed by atoms with E-state index in [-0.39, 0.29) is 23.8 Å². The van der Waals surface area contributed by atoms with Crippen molar-refractivity contribution in [2.75, 3.05) is 6.79 Å². The molecule has 0 aliphatic rings. The van der Waals surface area contributed by atoms with Crippen LogP contribution in [-0.4, -0.2) is 36.2 Å². The molecule has 172 valence electrons. The first kappa shape index (κ1) is 26.1. The number of nitrogens with two attached hydrogens (primary N) is 1. The molecule has 10 heteroatoms. The molecular weight excluding hydrogens is 408 g/mol. The molecule has 31 heavy (non-hydrogen) atoms. The van der Waals surface area contributed by atoms with Crippen LogP contribution in [0.5, 0.6) is 11.5 Å². The molecule has 0 aliphatic carbocycles. The van der Waals surface area contributed by atoms with Gasteiger partial charge in [-0.3, -0.25) is 20.2 Å². The summed E-state index contributed by atoms with van der Waals surface area (Å²) in [5, 5.41) is 0. The van der Waals surface area contributed by atoms with E-state index in [4.69, 9.17) is 20.1 Å². The first-order chi connectivity index (χ1) is 14.4. The molecule has 0 saturated carbocycles. The molecule has 0 heterocycles. The number of hydrogen-bond donors (Lipinski definition) is 2. The molecule has 0 aromatic heterocycles. The van der Waals surface area contributed by atoms with E-state index in [0.29, 0.717) is 5.56 Å². The van der Waals surface area contributed by atoms with E-state index in [2.05, 4.69) is 10.2 Å². The normalized spacial score (nSPS) is 12.8. The highest BCUT2D eigenvalue weighted by Gasteiger charge is 2.35. The fourth-order valence-electron chi connectivity index (χ4n) is 2.19. The van der Waals surface area contributed by atoms with E-state index in [1.54, 1.807) is 33.8 Å². The number of rotatable bonds is 10. The summed E-state index contributed by atoms with van der Waals surface area (Å²) in [6.45, 7) is 8.82. The number of benzene rings is 1. The van der Waals surface area contributed by atoms with Crippen molar-refractivity contribution in [3.8, 4) is 11.5 Å². The molecule has 3 N–H and O–H groups in total. The third-order valence-electron chi connectivity index (χ3n) is 4.15. The molecule has 0 bridgehead atoms. The molecule has 1 aromatic rings. The highest BCUT2D eigenvalue weighted by molar-refractivity contribution is 5.81. The Morgan fingerprint density at radius 1 is 0.968 bits per heavy atom. The average molecular weight is 438 g/mol. The second kappa shape index (κ2) is 11.4. The Bertz CT molecular complexity index is 822. The number of ether oxygens (including phenoxy) is 4. The van der Waals surface area contributed by atoms with Crippen LogP contribution in [0.2, 0.25) is 0 Å². The number of carbonyl (C=O) groups is 4. The first-order valence-corrected chi connectivity index (χ1v) is 9.74. The monoisotopic (exact) mass is 438 g/mol. The Kier molecular flexibility index (Phi) is 9.60. The van der Waals surface area contributed by atoms with Gasteiger partial charge in [-0.15, -0.1) is 0 Å². The minimum atomic E-state index is -1.38. The summed E-state index contributed by atoms with van der Waals surface area (Å²) < 4.78 is 20.2. The van der Waals surface area contributed by atoms with Crippen LogP contribution in [0.4, 0.5) is 0 Å². The molecule has 0 unspecified atom stereocenters. The average Bonchev–Trinajstić information content (AvgIpc) is 2.68. The van der Waals surface area contributed by atoms with Crippen LogP contribution < -0.4 is 20.7 Å². The van der Waals surface area contributed by atoms with Gasteiger partial charge < -0.3 is 18.9 Å². The van der Waals surface area contributed by atoms with Gasteiger partial charge in [-0.25, -0.2) is 10.2 Å². The lowest BCUT2D eigenvalue weighted by atomic mass is 9.93. The van der Waals surface area contributed by atoms with Crippen molar-refractivity contribution in [2.24, 2.45) is 17.7 Å². The van der Waals surface area contributed by atoms with Crippen LogP contribution in [-0.2, 0) is 35.1 Å². The Hall–Kier alpha value is -2.98. The molecule has 1 aromatic carbocycles. The SMILES string of the molecule is CC(=O)OCOC(=O)[C@](C)(Cc1ccc(OC(=O)C(C)C)c(OC(=O)C(C)C)c1)NN. The minimum absolute atomic E-state index is 0.0348. The van der Waals surface area contributed by atoms with Crippen LogP contribution in [0.25, 0.3) is 0 Å². The van der Waals surface area contributed by atoms with E-state index in [0.717, 1.165) is 0 Å². The predicted octanol–water partition coefficient (Wildman–Crippen LogP) is 1.64. The van der Waals surface area contributed by atoms with Gasteiger partial charge in [0.2, 0.25) is 6.79 Å². The molecule has 0 aliphatic heterocycles. The summed E-state index contributed by atoms with van der Waals surface area (Å²) in [6, 6.07) is 4.56. The summed E-state index contributed by atoms with van der Waals surface area (Å²) in [7, 11) is 0. The zero-order chi connectivity index (χ0) is 23.8. The summed E-state index contributed by atoms with van der Waals surface area (Å²) in [5.41, 5.74) is 1.56. The number of hydrazine groups is 1. The van der Waals surface area contributed by atoms with Gasteiger partial charge in [0.25, 0.3) is 0 Å². The van der Waals surface area contributed by atoms with Crippen molar-refractivity contribution < 1.29 is 38.1 Å². The Morgan fingerprint density at radius 3 is 2.00 bits per heavy atom. The Balaban J connectivity index is 3.14.